The van der Waals surface area contributed by atoms with Crippen molar-refractivity contribution < 1.29 is 5.32 Å². The highest BCUT2D eigenvalue weighted by atomic mass is 14.9. The molecule has 0 aromatic carbocycles. The minimum Gasteiger partial charge on any atom is -0.334 e. The van der Waals surface area contributed by atoms with Gasteiger partial charge in [0.2, 0.25) is 0 Å². The zero-order valence-corrected chi connectivity index (χ0v) is 5.65. The molecule has 1 atom stereocenters. The molecule has 0 fully saturated rings. The van der Waals surface area contributed by atoms with Crippen molar-refractivity contribution in [1.29, 1.82) is 0 Å². The molecule has 2 N–H and O–H groups in total. The lowest BCUT2D eigenvalue weighted by atomic mass is 10.3. The smallest absolute Gasteiger partial charge is 0.137 e. The van der Waals surface area contributed by atoms with Gasteiger partial charge in [0.15, 0.2) is 0 Å². The maximum Gasteiger partial charge on any atom is 0.137 e. The maximum absolute atomic E-state index is 5.05. The molecule has 0 radical (unpaired) electrons. The van der Waals surface area contributed by atoms with Crippen molar-refractivity contribution in [1.82, 2.24) is 0 Å². The molecule has 0 heterocycles. The van der Waals surface area contributed by atoms with Gasteiger partial charge in [-0.3, -0.25) is 0 Å². The van der Waals surface area contributed by atoms with Crippen molar-refractivity contribution in [2.75, 3.05) is 6.54 Å². The fourth-order valence-electron chi connectivity index (χ4n) is 0.436. The lowest BCUT2D eigenvalue weighted by Gasteiger charge is -2.02. The molecule has 0 aromatic heterocycles. The number of hydrogen-bond donors (Lipinski definition) is 1. The van der Waals surface area contributed by atoms with Crippen LogP contribution in [0.2, 0.25) is 0 Å². The Hall–Kier alpha value is -0.480. The van der Waals surface area contributed by atoms with Crippen LogP contribution in [0.5, 0.6) is 0 Å². The average Bonchev–Trinajstić information content (AvgIpc) is 1.83. The molecule has 0 saturated heterocycles. The van der Waals surface area contributed by atoms with Crippen molar-refractivity contribution in [3.8, 4) is 12.3 Å². The van der Waals surface area contributed by atoms with Crippen LogP contribution < -0.4 is 5.32 Å². The number of hydrogen-bond acceptors (Lipinski definition) is 0. The fourth-order valence-corrected chi connectivity index (χ4v) is 0.436. The van der Waals surface area contributed by atoms with Gasteiger partial charge in [0.25, 0.3) is 0 Å². The van der Waals surface area contributed by atoms with E-state index in [1.54, 1.807) is 0 Å². The molecule has 0 spiro atoms. The maximum atomic E-state index is 5.05. The monoisotopic (exact) mass is 112 g/mol. The van der Waals surface area contributed by atoms with E-state index in [4.69, 9.17) is 6.42 Å². The van der Waals surface area contributed by atoms with Gasteiger partial charge in [-0.1, -0.05) is 6.92 Å². The number of rotatable bonds is 3. The molecule has 0 unspecified atom stereocenters. The SMILES string of the molecule is C#CC[NH2+][C@@H](C)CC. The Balaban J connectivity index is 3.01. The summed E-state index contributed by atoms with van der Waals surface area (Å²) in [5, 5.41) is 2.17. The summed E-state index contributed by atoms with van der Waals surface area (Å²) in [4.78, 5) is 0. The van der Waals surface area contributed by atoms with Gasteiger partial charge in [-0.15, -0.1) is 6.42 Å². The average molecular weight is 112 g/mol. The second-order valence-electron chi connectivity index (χ2n) is 2.03. The minimum atomic E-state index is 0.686. The molecule has 0 bridgehead atoms. The van der Waals surface area contributed by atoms with Crippen molar-refractivity contribution in [2.24, 2.45) is 0 Å². The molecule has 0 amide bonds. The van der Waals surface area contributed by atoms with E-state index in [0.717, 1.165) is 6.54 Å². The second-order valence-corrected chi connectivity index (χ2v) is 2.03. The van der Waals surface area contributed by atoms with Gasteiger partial charge in [0.05, 0.1) is 6.04 Å². The first-order chi connectivity index (χ1) is 3.81. The quantitative estimate of drug-likeness (QED) is 0.494. The normalized spacial score (nSPS) is 12.6. The van der Waals surface area contributed by atoms with Crippen LogP contribution in [-0.2, 0) is 0 Å². The van der Waals surface area contributed by atoms with E-state index in [1.807, 2.05) is 0 Å². The predicted octanol–water partition coefficient (Wildman–Crippen LogP) is -0.0185. The first kappa shape index (κ1) is 7.52. The van der Waals surface area contributed by atoms with Gasteiger partial charge in [-0.2, -0.15) is 0 Å². The Labute approximate surface area is 51.5 Å². The standard InChI is InChI=1S/C7H13N/c1-4-6-8-7(3)5-2/h1,7-8H,5-6H2,2-3H3/p+1/t7-/m0/s1. The lowest BCUT2D eigenvalue weighted by Crippen LogP contribution is -2.89. The zero-order valence-electron chi connectivity index (χ0n) is 5.65. The first-order valence-electron chi connectivity index (χ1n) is 3.08. The number of quaternary nitrogens is 1. The molecule has 1 heteroatoms. The van der Waals surface area contributed by atoms with Crippen LogP contribution in [0.3, 0.4) is 0 Å². The molecule has 1 nitrogen and oxygen atoms in total. The summed E-state index contributed by atoms with van der Waals surface area (Å²) < 4.78 is 0. The van der Waals surface area contributed by atoms with E-state index in [0.29, 0.717) is 6.04 Å². The van der Waals surface area contributed by atoms with Gasteiger partial charge < -0.3 is 5.32 Å². The van der Waals surface area contributed by atoms with E-state index in [-0.39, 0.29) is 0 Å². The van der Waals surface area contributed by atoms with Gasteiger partial charge in [0, 0.05) is 0 Å². The molecule has 8 heavy (non-hydrogen) atoms. The molecule has 0 aliphatic rings. The van der Waals surface area contributed by atoms with Crippen LogP contribution in [0, 0.1) is 12.3 Å². The Morgan fingerprint density at radius 2 is 2.38 bits per heavy atom. The molecule has 0 rings (SSSR count). The van der Waals surface area contributed by atoms with E-state index in [9.17, 15) is 0 Å². The number of nitrogens with two attached hydrogens (primary N) is 1. The van der Waals surface area contributed by atoms with Crippen molar-refractivity contribution in [3.63, 3.8) is 0 Å². The van der Waals surface area contributed by atoms with Crippen molar-refractivity contribution in [3.05, 3.63) is 0 Å². The molecule has 0 aliphatic carbocycles. The van der Waals surface area contributed by atoms with E-state index < -0.39 is 0 Å². The highest BCUT2D eigenvalue weighted by molar-refractivity contribution is 4.81. The Bertz CT molecular complexity index is 80.9. The lowest BCUT2D eigenvalue weighted by molar-refractivity contribution is -0.676. The van der Waals surface area contributed by atoms with Crippen LogP contribution in [0.1, 0.15) is 20.3 Å². The topological polar surface area (TPSA) is 16.6 Å². The number of terminal acetylenes is 1. The summed E-state index contributed by atoms with van der Waals surface area (Å²) in [7, 11) is 0. The van der Waals surface area contributed by atoms with E-state index in [2.05, 4.69) is 25.1 Å². The zero-order chi connectivity index (χ0) is 6.41. The van der Waals surface area contributed by atoms with Gasteiger partial charge >= 0.3 is 0 Å². The Morgan fingerprint density at radius 3 is 2.75 bits per heavy atom. The second kappa shape index (κ2) is 4.67. The third-order valence-corrected chi connectivity index (χ3v) is 1.28. The summed E-state index contributed by atoms with van der Waals surface area (Å²) in [5.74, 6) is 2.58. The van der Waals surface area contributed by atoms with Gasteiger partial charge in [0.1, 0.15) is 6.54 Å². The third kappa shape index (κ3) is 3.70. The highest BCUT2D eigenvalue weighted by Crippen LogP contribution is 1.76. The van der Waals surface area contributed by atoms with Gasteiger partial charge in [-0.05, 0) is 19.3 Å². The largest absolute Gasteiger partial charge is 0.334 e. The van der Waals surface area contributed by atoms with Crippen molar-refractivity contribution >= 4 is 0 Å². The fraction of sp³-hybridized carbons (Fsp3) is 0.714. The van der Waals surface area contributed by atoms with Crippen LogP contribution in [-0.4, -0.2) is 12.6 Å². The molecule has 46 valence electrons. The highest BCUT2D eigenvalue weighted by Gasteiger charge is 1.95. The van der Waals surface area contributed by atoms with Gasteiger partial charge in [-0.25, -0.2) is 0 Å². The van der Waals surface area contributed by atoms with E-state index >= 15 is 0 Å². The van der Waals surface area contributed by atoms with Crippen LogP contribution in [0.15, 0.2) is 0 Å². The Kier molecular flexibility index (Phi) is 4.39. The first-order valence-corrected chi connectivity index (χ1v) is 3.08. The summed E-state index contributed by atoms with van der Waals surface area (Å²) in [6.07, 6.45) is 6.25. The van der Waals surface area contributed by atoms with Crippen LogP contribution >= 0.6 is 0 Å². The summed E-state index contributed by atoms with van der Waals surface area (Å²) in [6.45, 7) is 5.16. The molecule has 0 aromatic rings. The van der Waals surface area contributed by atoms with Crippen molar-refractivity contribution in [2.45, 2.75) is 26.3 Å². The van der Waals surface area contributed by atoms with E-state index in [1.165, 1.54) is 6.42 Å². The summed E-state index contributed by atoms with van der Waals surface area (Å²) in [5.41, 5.74) is 0. The Morgan fingerprint density at radius 1 is 1.75 bits per heavy atom. The summed E-state index contributed by atoms with van der Waals surface area (Å²) >= 11 is 0. The third-order valence-electron chi connectivity index (χ3n) is 1.28. The van der Waals surface area contributed by atoms with Crippen LogP contribution in [0.4, 0.5) is 0 Å². The summed E-state index contributed by atoms with van der Waals surface area (Å²) in [6, 6.07) is 0.686. The molecular weight excluding hydrogens is 98.1 g/mol. The molecule has 0 aliphatic heterocycles. The predicted molar refractivity (Wildman–Crippen MR) is 35.4 cm³/mol. The van der Waals surface area contributed by atoms with Crippen LogP contribution in [0.25, 0.3) is 0 Å². The minimum absolute atomic E-state index is 0.686. The molecule has 0 saturated carbocycles. The molecular formula is C7H14N+.